The largest absolute Gasteiger partial charge is 0.433 e. The third-order valence-electron chi connectivity index (χ3n) is 3.27. The van der Waals surface area contributed by atoms with E-state index in [2.05, 4.69) is 4.98 Å². The molecule has 1 saturated heterocycles. The number of carbonyl (C=O) groups excluding carboxylic acids is 1. The highest BCUT2D eigenvalue weighted by Gasteiger charge is 2.34. The third kappa shape index (κ3) is 3.98. The molecule has 0 bridgehead atoms. The van der Waals surface area contributed by atoms with Crippen molar-refractivity contribution in [3.63, 3.8) is 0 Å². The summed E-state index contributed by atoms with van der Waals surface area (Å²) in [6.07, 6.45) is -3.29. The molecule has 2 rings (SSSR count). The van der Waals surface area contributed by atoms with Crippen LogP contribution in [-0.2, 0) is 6.18 Å². The van der Waals surface area contributed by atoms with Gasteiger partial charge in [0.05, 0.1) is 5.56 Å². The smallest absolute Gasteiger partial charge is 0.365 e. The second kappa shape index (κ2) is 6.48. The summed E-state index contributed by atoms with van der Waals surface area (Å²) in [5.41, 5.74) is 9.91. The fraction of sp³-hybridized carbons (Fsp3) is 0.500. The Morgan fingerprint density at radius 3 is 2.33 bits per heavy atom. The van der Waals surface area contributed by atoms with Crippen LogP contribution in [-0.4, -0.2) is 30.0 Å². The fourth-order valence-electron chi connectivity index (χ4n) is 2.15. The van der Waals surface area contributed by atoms with Gasteiger partial charge < -0.3 is 16.4 Å². The average molecular weight is 325 g/mol. The number of piperidine rings is 1. The van der Waals surface area contributed by atoms with Crippen molar-refractivity contribution < 1.29 is 18.0 Å². The molecule has 0 radical (unpaired) electrons. The molecule has 0 saturated carbocycles. The number of anilines is 1. The second-order valence-electron chi connectivity index (χ2n) is 4.75. The molecule has 5 nitrogen and oxygen atoms in total. The van der Waals surface area contributed by atoms with E-state index in [0.29, 0.717) is 25.9 Å². The van der Waals surface area contributed by atoms with Gasteiger partial charge in [0.15, 0.2) is 0 Å². The maximum Gasteiger partial charge on any atom is 0.433 e. The minimum atomic E-state index is -4.56. The van der Waals surface area contributed by atoms with Crippen molar-refractivity contribution in [3.8, 4) is 0 Å². The van der Waals surface area contributed by atoms with Crippen molar-refractivity contribution in [1.29, 1.82) is 0 Å². The van der Waals surface area contributed by atoms with Crippen molar-refractivity contribution in [1.82, 2.24) is 4.98 Å². The van der Waals surface area contributed by atoms with Crippen LogP contribution in [0.25, 0.3) is 0 Å². The van der Waals surface area contributed by atoms with Crippen molar-refractivity contribution >= 4 is 24.1 Å². The highest BCUT2D eigenvalue weighted by atomic mass is 35.5. The summed E-state index contributed by atoms with van der Waals surface area (Å²) < 4.78 is 38.1. The quantitative estimate of drug-likeness (QED) is 0.864. The molecule has 0 atom stereocenters. The van der Waals surface area contributed by atoms with Crippen LogP contribution in [0.5, 0.6) is 0 Å². The van der Waals surface area contributed by atoms with Gasteiger partial charge in [0.1, 0.15) is 11.5 Å². The van der Waals surface area contributed by atoms with Gasteiger partial charge in [-0.2, -0.15) is 13.2 Å². The van der Waals surface area contributed by atoms with Crippen LogP contribution in [0.3, 0.4) is 0 Å². The van der Waals surface area contributed by atoms with Crippen LogP contribution in [0, 0.1) is 0 Å². The molecule has 4 N–H and O–H groups in total. The van der Waals surface area contributed by atoms with Gasteiger partial charge in [0.25, 0.3) is 5.91 Å². The number of alkyl halides is 3. The van der Waals surface area contributed by atoms with E-state index in [1.54, 1.807) is 4.90 Å². The SMILES string of the molecule is Cl.NC(=O)c1ccc(C(F)(F)F)nc1N1CCC(N)CC1. The first kappa shape index (κ1) is 17.5. The Morgan fingerprint density at radius 2 is 1.86 bits per heavy atom. The van der Waals surface area contributed by atoms with Gasteiger partial charge in [0.2, 0.25) is 0 Å². The van der Waals surface area contributed by atoms with E-state index in [9.17, 15) is 18.0 Å². The van der Waals surface area contributed by atoms with Crippen molar-refractivity contribution in [2.24, 2.45) is 11.5 Å². The lowest BCUT2D eigenvalue weighted by Crippen LogP contribution is -2.41. The number of hydrogen-bond donors (Lipinski definition) is 2. The maximum atomic E-state index is 12.7. The Kier molecular flexibility index (Phi) is 5.41. The van der Waals surface area contributed by atoms with E-state index in [4.69, 9.17) is 11.5 Å². The standard InChI is InChI=1S/C12H15F3N4O.ClH/c13-12(14,15)9-2-1-8(10(17)20)11(18-9)19-5-3-7(16)4-6-19;/h1-2,7H,3-6,16H2,(H2,17,20);1H. The van der Waals surface area contributed by atoms with E-state index in [1.165, 1.54) is 0 Å². The molecule has 21 heavy (non-hydrogen) atoms. The summed E-state index contributed by atoms with van der Waals surface area (Å²) in [6.45, 7) is 0.908. The summed E-state index contributed by atoms with van der Waals surface area (Å²) >= 11 is 0. The number of rotatable bonds is 2. The number of aromatic nitrogens is 1. The number of nitrogens with zero attached hydrogens (tertiary/aromatic N) is 2. The Balaban J connectivity index is 0.00000220. The highest BCUT2D eigenvalue weighted by Crippen LogP contribution is 2.31. The van der Waals surface area contributed by atoms with E-state index in [0.717, 1.165) is 12.1 Å². The molecule has 1 fully saturated rings. The number of primary amides is 1. The van der Waals surface area contributed by atoms with E-state index < -0.39 is 17.8 Å². The molecule has 1 amide bonds. The van der Waals surface area contributed by atoms with Crippen LogP contribution in [0.15, 0.2) is 12.1 Å². The number of nitrogens with two attached hydrogens (primary N) is 2. The lowest BCUT2D eigenvalue weighted by molar-refractivity contribution is -0.141. The van der Waals surface area contributed by atoms with Gasteiger partial charge in [0, 0.05) is 19.1 Å². The first-order valence-electron chi connectivity index (χ1n) is 6.17. The summed E-state index contributed by atoms with van der Waals surface area (Å²) in [7, 11) is 0. The number of halogens is 4. The molecule has 0 aliphatic carbocycles. The monoisotopic (exact) mass is 324 g/mol. The Morgan fingerprint density at radius 1 is 1.29 bits per heavy atom. The predicted octanol–water partition coefficient (Wildman–Crippen LogP) is 1.55. The second-order valence-corrected chi connectivity index (χ2v) is 4.75. The van der Waals surface area contributed by atoms with Crippen molar-refractivity contribution in [3.05, 3.63) is 23.4 Å². The number of carbonyl (C=O) groups is 1. The third-order valence-corrected chi connectivity index (χ3v) is 3.27. The molecule has 1 aromatic heterocycles. The van der Waals surface area contributed by atoms with Crippen LogP contribution in [0.1, 0.15) is 28.9 Å². The number of pyridine rings is 1. The van der Waals surface area contributed by atoms with Gasteiger partial charge in [-0.25, -0.2) is 4.98 Å². The highest BCUT2D eigenvalue weighted by molar-refractivity contribution is 5.97. The van der Waals surface area contributed by atoms with Crippen LogP contribution < -0.4 is 16.4 Å². The van der Waals surface area contributed by atoms with E-state index in [-0.39, 0.29) is 29.8 Å². The van der Waals surface area contributed by atoms with E-state index in [1.807, 2.05) is 0 Å². The summed E-state index contributed by atoms with van der Waals surface area (Å²) in [5, 5.41) is 0. The van der Waals surface area contributed by atoms with Crippen LogP contribution >= 0.6 is 12.4 Å². The molecule has 2 heterocycles. The Labute approximate surface area is 125 Å². The summed E-state index contributed by atoms with van der Waals surface area (Å²) in [4.78, 5) is 16.5. The topological polar surface area (TPSA) is 85.2 Å². The first-order valence-corrected chi connectivity index (χ1v) is 6.17. The minimum Gasteiger partial charge on any atom is -0.365 e. The maximum absolute atomic E-state index is 12.7. The molecule has 1 aliphatic heterocycles. The molecule has 1 aliphatic rings. The zero-order chi connectivity index (χ0) is 14.9. The Hall–Kier alpha value is -1.54. The van der Waals surface area contributed by atoms with E-state index >= 15 is 0 Å². The summed E-state index contributed by atoms with van der Waals surface area (Å²) in [5.74, 6) is -0.810. The normalized spacial score (nSPS) is 16.5. The number of amides is 1. The molecular weight excluding hydrogens is 309 g/mol. The fourth-order valence-corrected chi connectivity index (χ4v) is 2.15. The lowest BCUT2D eigenvalue weighted by Gasteiger charge is -2.32. The molecule has 0 spiro atoms. The molecular formula is C12H16ClF3N4O. The van der Waals surface area contributed by atoms with Crippen molar-refractivity contribution in [2.75, 3.05) is 18.0 Å². The zero-order valence-corrected chi connectivity index (χ0v) is 11.9. The van der Waals surface area contributed by atoms with Crippen LogP contribution in [0.4, 0.5) is 19.0 Å². The minimum absolute atomic E-state index is 0. The Bertz CT molecular complexity index is 516. The molecule has 9 heteroatoms. The van der Waals surface area contributed by atoms with Gasteiger partial charge in [-0.15, -0.1) is 12.4 Å². The lowest BCUT2D eigenvalue weighted by atomic mass is 10.1. The van der Waals surface area contributed by atoms with Gasteiger partial charge in [-0.1, -0.05) is 0 Å². The average Bonchev–Trinajstić information content (AvgIpc) is 2.37. The zero-order valence-electron chi connectivity index (χ0n) is 11.1. The molecule has 0 unspecified atom stereocenters. The first-order chi connectivity index (χ1) is 9.29. The molecule has 118 valence electrons. The van der Waals surface area contributed by atoms with Gasteiger partial charge >= 0.3 is 6.18 Å². The van der Waals surface area contributed by atoms with Gasteiger partial charge in [-0.05, 0) is 25.0 Å². The van der Waals surface area contributed by atoms with Gasteiger partial charge in [-0.3, -0.25) is 4.79 Å². The van der Waals surface area contributed by atoms with Crippen LogP contribution in [0.2, 0.25) is 0 Å². The molecule has 1 aromatic rings. The predicted molar refractivity (Wildman–Crippen MR) is 74.4 cm³/mol. The molecule has 0 aromatic carbocycles. The van der Waals surface area contributed by atoms with Crippen molar-refractivity contribution in [2.45, 2.75) is 25.1 Å². The number of hydrogen-bond acceptors (Lipinski definition) is 4. The summed E-state index contributed by atoms with van der Waals surface area (Å²) in [6, 6.07) is 1.86.